The van der Waals surface area contributed by atoms with Gasteiger partial charge < -0.3 is 5.11 Å². The molecule has 0 aliphatic heterocycles. The van der Waals surface area contributed by atoms with E-state index < -0.39 is 5.60 Å². The van der Waals surface area contributed by atoms with Crippen LogP contribution in [0.2, 0.25) is 0 Å². The topological polar surface area (TPSA) is 20.2 Å². The Kier molecular flexibility index (Phi) is 1.56. The lowest BCUT2D eigenvalue weighted by atomic mass is 9.80. The van der Waals surface area contributed by atoms with Crippen molar-refractivity contribution in [3.05, 3.63) is 12.2 Å². The van der Waals surface area contributed by atoms with Crippen LogP contribution in [-0.4, -0.2) is 10.7 Å². The number of aliphatic hydroxyl groups is 1. The Morgan fingerprint density at radius 2 is 2.25 bits per heavy atom. The van der Waals surface area contributed by atoms with Gasteiger partial charge in [0.1, 0.15) is 5.60 Å². The first-order valence-electron chi connectivity index (χ1n) is 4.52. The highest BCUT2D eigenvalue weighted by atomic mass is 16.3. The minimum absolute atomic E-state index is 0.289. The fraction of sp³-hybridized carbons (Fsp3) is 0.636. The van der Waals surface area contributed by atoms with E-state index in [0.717, 1.165) is 6.42 Å². The number of allylic oxidation sites excluding steroid dienone is 2. The molecule has 2 bridgehead atoms. The summed E-state index contributed by atoms with van der Waals surface area (Å²) >= 11 is 0. The van der Waals surface area contributed by atoms with E-state index >= 15 is 0 Å². The Bertz CT molecular complexity index is 257. The van der Waals surface area contributed by atoms with E-state index in [-0.39, 0.29) is 5.92 Å². The van der Waals surface area contributed by atoms with E-state index in [2.05, 4.69) is 18.1 Å². The molecule has 0 aromatic rings. The van der Waals surface area contributed by atoms with Crippen LogP contribution < -0.4 is 0 Å². The molecule has 0 heterocycles. The highest BCUT2D eigenvalue weighted by molar-refractivity contribution is 5.19. The van der Waals surface area contributed by atoms with Gasteiger partial charge in [0.15, 0.2) is 0 Å². The SMILES string of the molecule is C#C[C@](C)(O)[C@H]1C[C@H]2C=C[C@H]1C2. The van der Waals surface area contributed by atoms with Gasteiger partial charge in [0.05, 0.1) is 0 Å². The van der Waals surface area contributed by atoms with Gasteiger partial charge >= 0.3 is 0 Å². The van der Waals surface area contributed by atoms with Gasteiger partial charge in [0.25, 0.3) is 0 Å². The fourth-order valence-electron chi connectivity index (χ4n) is 2.53. The van der Waals surface area contributed by atoms with Crippen LogP contribution in [0.4, 0.5) is 0 Å². The van der Waals surface area contributed by atoms with Crippen LogP contribution in [0.3, 0.4) is 0 Å². The van der Waals surface area contributed by atoms with Crippen LogP contribution in [0.25, 0.3) is 0 Å². The van der Waals surface area contributed by atoms with Crippen molar-refractivity contribution in [2.24, 2.45) is 17.8 Å². The van der Waals surface area contributed by atoms with Crippen molar-refractivity contribution >= 4 is 0 Å². The summed E-state index contributed by atoms with van der Waals surface area (Å²) in [7, 11) is 0. The van der Waals surface area contributed by atoms with E-state index in [4.69, 9.17) is 6.42 Å². The molecule has 1 saturated carbocycles. The molecule has 64 valence electrons. The molecule has 0 amide bonds. The predicted molar refractivity (Wildman–Crippen MR) is 48.3 cm³/mol. The third kappa shape index (κ3) is 0.990. The lowest BCUT2D eigenvalue weighted by Crippen LogP contribution is -2.35. The largest absolute Gasteiger partial charge is 0.378 e. The van der Waals surface area contributed by atoms with E-state index in [1.807, 2.05) is 0 Å². The third-order valence-corrected chi connectivity index (χ3v) is 3.29. The zero-order valence-corrected chi connectivity index (χ0v) is 7.33. The van der Waals surface area contributed by atoms with Crippen LogP contribution in [0.5, 0.6) is 0 Å². The predicted octanol–water partition coefficient (Wildman–Crippen LogP) is 1.58. The molecule has 0 saturated heterocycles. The van der Waals surface area contributed by atoms with Crippen molar-refractivity contribution < 1.29 is 5.11 Å². The number of hydrogen-bond donors (Lipinski definition) is 1. The maximum absolute atomic E-state index is 9.88. The normalized spacial score (nSPS) is 42.6. The van der Waals surface area contributed by atoms with Gasteiger partial charge in [0.2, 0.25) is 0 Å². The number of rotatable bonds is 1. The first-order chi connectivity index (χ1) is 5.63. The van der Waals surface area contributed by atoms with Gasteiger partial charge in [-0.3, -0.25) is 0 Å². The first kappa shape index (κ1) is 7.89. The monoisotopic (exact) mass is 162 g/mol. The molecular formula is C11H14O. The van der Waals surface area contributed by atoms with Gasteiger partial charge in [-0.2, -0.15) is 0 Å². The summed E-state index contributed by atoms with van der Waals surface area (Å²) < 4.78 is 0. The first-order valence-corrected chi connectivity index (χ1v) is 4.52. The molecule has 0 radical (unpaired) electrons. The van der Waals surface area contributed by atoms with Gasteiger partial charge in [-0.15, -0.1) is 6.42 Å². The maximum Gasteiger partial charge on any atom is 0.125 e. The van der Waals surface area contributed by atoms with E-state index in [9.17, 15) is 5.11 Å². The highest BCUT2D eigenvalue weighted by Gasteiger charge is 2.44. The molecule has 0 aromatic heterocycles. The van der Waals surface area contributed by atoms with Crippen molar-refractivity contribution in [2.75, 3.05) is 0 Å². The molecule has 1 nitrogen and oxygen atoms in total. The van der Waals surface area contributed by atoms with Crippen molar-refractivity contribution in [1.29, 1.82) is 0 Å². The second kappa shape index (κ2) is 2.37. The Morgan fingerprint density at radius 3 is 2.67 bits per heavy atom. The van der Waals surface area contributed by atoms with Crippen LogP contribution in [0.1, 0.15) is 19.8 Å². The summed E-state index contributed by atoms with van der Waals surface area (Å²) in [6.45, 7) is 1.76. The zero-order chi connectivity index (χ0) is 8.77. The molecule has 4 atom stereocenters. The van der Waals surface area contributed by atoms with Gasteiger partial charge in [-0.1, -0.05) is 18.1 Å². The van der Waals surface area contributed by atoms with Crippen LogP contribution in [0, 0.1) is 30.1 Å². The molecule has 1 fully saturated rings. The summed E-state index contributed by atoms with van der Waals surface area (Å²) in [6, 6.07) is 0. The van der Waals surface area contributed by atoms with Crippen molar-refractivity contribution in [2.45, 2.75) is 25.4 Å². The average molecular weight is 162 g/mol. The number of terminal acetylenes is 1. The summed E-state index contributed by atoms with van der Waals surface area (Å²) in [6.07, 6.45) is 12.0. The Morgan fingerprint density at radius 1 is 1.50 bits per heavy atom. The maximum atomic E-state index is 9.88. The molecule has 2 aliphatic rings. The lowest BCUT2D eigenvalue weighted by Gasteiger charge is -2.29. The Balaban J connectivity index is 2.19. The standard InChI is InChI=1S/C11H14O/c1-3-11(2,12)10-7-8-4-5-9(10)6-8/h1,4-5,8-10,12H,6-7H2,2H3/t8-,9-,10-,11-/m0/s1. The van der Waals surface area contributed by atoms with E-state index in [0.29, 0.717) is 11.8 Å². The second-order valence-corrected chi connectivity index (χ2v) is 4.18. The number of fused-ring (bicyclic) bond motifs is 2. The number of hydrogen-bond acceptors (Lipinski definition) is 1. The van der Waals surface area contributed by atoms with Crippen molar-refractivity contribution in [3.8, 4) is 12.3 Å². The molecular weight excluding hydrogens is 148 g/mol. The molecule has 2 aliphatic carbocycles. The minimum Gasteiger partial charge on any atom is -0.378 e. The quantitative estimate of drug-likeness (QED) is 0.458. The van der Waals surface area contributed by atoms with Crippen LogP contribution >= 0.6 is 0 Å². The zero-order valence-electron chi connectivity index (χ0n) is 7.33. The summed E-state index contributed by atoms with van der Waals surface area (Å²) in [4.78, 5) is 0. The van der Waals surface area contributed by atoms with Crippen LogP contribution in [-0.2, 0) is 0 Å². The van der Waals surface area contributed by atoms with Gasteiger partial charge in [-0.05, 0) is 31.6 Å². The molecule has 1 N–H and O–H groups in total. The summed E-state index contributed by atoms with van der Waals surface area (Å²) in [5.74, 6) is 3.99. The van der Waals surface area contributed by atoms with Crippen molar-refractivity contribution in [1.82, 2.24) is 0 Å². The second-order valence-electron chi connectivity index (χ2n) is 4.18. The van der Waals surface area contributed by atoms with Crippen molar-refractivity contribution in [3.63, 3.8) is 0 Å². The minimum atomic E-state index is -0.899. The highest BCUT2D eigenvalue weighted by Crippen LogP contribution is 2.47. The molecule has 1 heteroatoms. The Hall–Kier alpha value is -0.740. The molecule has 0 aromatic carbocycles. The molecule has 2 rings (SSSR count). The lowest BCUT2D eigenvalue weighted by molar-refractivity contribution is 0.0434. The summed E-state index contributed by atoms with van der Waals surface area (Å²) in [5.41, 5.74) is -0.899. The molecule has 0 unspecified atom stereocenters. The smallest absolute Gasteiger partial charge is 0.125 e. The van der Waals surface area contributed by atoms with E-state index in [1.165, 1.54) is 6.42 Å². The van der Waals surface area contributed by atoms with Crippen LogP contribution in [0.15, 0.2) is 12.2 Å². The molecule has 12 heavy (non-hydrogen) atoms. The molecule has 0 spiro atoms. The Labute approximate surface area is 73.5 Å². The van der Waals surface area contributed by atoms with Gasteiger partial charge in [-0.25, -0.2) is 0 Å². The fourth-order valence-corrected chi connectivity index (χ4v) is 2.53. The third-order valence-electron chi connectivity index (χ3n) is 3.29. The van der Waals surface area contributed by atoms with Gasteiger partial charge in [0, 0.05) is 5.92 Å². The average Bonchev–Trinajstić information content (AvgIpc) is 2.64. The summed E-state index contributed by atoms with van der Waals surface area (Å²) in [5, 5.41) is 9.88. The van der Waals surface area contributed by atoms with E-state index in [1.54, 1.807) is 6.92 Å².